The second kappa shape index (κ2) is 9.82. The number of aromatic amines is 1. The summed E-state index contributed by atoms with van der Waals surface area (Å²) >= 11 is 0. The van der Waals surface area contributed by atoms with Gasteiger partial charge in [0.05, 0.1) is 21.5 Å². The van der Waals surface area contributed by atoms with Crippen molar-refractivity contribution in [2.24, 2.45) is 5.92 Å². The van der Waals surface area contributed by atoms with Gasteiger partial charge in [-0.25, -0.2) is 4.98 Å². The number of fused-ring (bicyclic) bond motifs is 1. The topological polar surface area (TPSA) is 98.8 Å². The number of H-pyrrole nitrogens is 1. The first-order valence-electron chi connectivity index (χ1n) is 11.7. The average molecular weight is 464 g/mol. The Morgan fingerprint density at radius 3 is 2.57 bits per heavy atom. The summed E-state index contributed by atoms with van der Waals surface area (Å²) in [5.41, 5.74) is 4.54. The molecule has 0 bridgehead atoms. The Bertz CT molecular complexity index is 1390. The van der Waals surface area contributed by atoms with E-state index in [2.05, 4.69) is 45.2 Å². The summed E-state index contributed by atoms with van der Waals surface area (Å²) in [6.07, 6.45) is 4.68. The van der Waals surface area contributed by atoms with Crippen molar-refractivity contribution in [2.45, 2.75) is 19.3 Å². The van der Waals surface area contributed by atoms with Crippen LogP contribution in [-0.2, 0) is 6.42 Å². The molecule has 0 saturated carbocycles. The molecule has 1 saturated heterocycles. The van der Waals surface area contributed by atoms with Crippen LogP contribution in [0.1, 0.15) is 29.8 Å². The van der Waals surface area contributed by atoms with Gasteiger partial charge in [0.25, 0.3) is 5.69 Å². The Morgan fingerprint density at radius 2 is 1.86 bits per heavy atom. The fourth-order valence-electron chi connectivity index (χ4n) is 4.77. The molecular formula is C28H25N5O2. The van der Waals surface area contributed by atoms with E-state index >= 15 is 0 Å². The molecule has 0 radical (unpaired) electrons. The smallest absolute Gasteiger partial charge is 0.293 e. The molecular weight excluding hydrogens is 438 g/mol. The fraction of sp³-hybridized carbons (Fsp3) is 0.214. The third-order valence-electron chi connectivity index (χ3n) is 6.59. The normalized spacial score (nSPS) is 14.7. The van der Waals surface area contributed by atoms with E-state index in [1.165, 1.54) is 5.56 Å². The molecule has 5 rings (SSSR count). The van der Waals surface area contributed by atoms with Gasteiger partial charge in [-0.1, -0.05) is 48.5 Å². The number of rotatable bonds is 6. The minimum absolute atomic E-state index is 0.0576. The lowest BCUT2D eigenvalue weighted by Gasteiger charge is -2.33. The van der Waals surface area contributed by atoms with Crippen LogP contribution >= 0.6 is 0 Å². The summed E-state index contributed by atoms with van der Waals surface area (Å²) in [7, 11) is 0. The number of nitro groups is 1. The minimum Gasteiger partial charge on any atom is -0.366 e. The first kappa shape index (κ1) is 22.4. The highest BCUT2D eigenvalue weighted by Gasteiger charge is 2.25. The van der Waals surface area contributed by atoms with Gasteiger partial charge < -0.3 is 9.88 Å². The predicted octanol–water partition coefficient (Wildman–Crippen LogP) is 5.99. The summed E-state index contributed by atoms with van der Waals surface area (Å²) in [6.45, 7) is 1.58. The first-order chi connectivity index (χ1) is 17.1. The molecule has 0 aliphatic carbocycles. The van der Waals surface area contributed by atoms with Gasteiger partial charge in [-0.05, 0) is 60.6 Å². The number of benzene rings is 3. The number of nitro benzene ring substituents is 1. The van der Waals surface area contributed by atoms with E-state index in [1.807, 2.05) is 36.4 Å². The maximum absolute atomic E-state index is 11.9. The number of allylic oxidation sites excluding steroid dienone is 1. The molecule has 1 N–H and O–H groups in total. The number of imidazole rings is 1. The molecule has 2 heterocycles. The molecule has 35 heavy (non-hydrogen) atoms. The summed E-state index contributed by atoms with van der Waals surface area (Å²) in [5.74, 6) is 1.03. The Hall–Kier alpha value is -4.44. The van der Waals surface area contributed by atoms with E-state index in [0.29, 0.717) is 28.6 Å². The number of hydrogen-bond donors (Lipinski definition) is 1. The Labute approximate surface area is 203 Å². The lowest BCUT2D eigenvalue weighted by Crippen LogP contribution is -2.34. The number of nitrogens with zero attached hydrogens (tertiary/aromatic N) is 4. The van der Waals surface area contributed by atoms with Crippen molar-refractivity contribution in [3.63, 3.8) is 0 Å². The lowest BCUT2D eigenvalue weighted by atomic mass is 9.90. The van der Waals surface area contributed by atoms with E-state index in [0.717, 1.165) is 43.4 Å². The number of nitriles is 1. The van der Waals surface area contributed by atoms with E-state index in [-0.39, 0.29) is 10.6 Å². The third-order valence-corrected chi connectivity index (χ3v) is 6.59. The summed E-state index contributed by atoms with van der Waals surface area (Å²) in [6, 6.07) is 25.4. The van der Waals surface area contributed by atoms with E-state index in [9.17, 15) is 15.4 Å². The van der Waals surface area contributed by atoms with Crippen LogP contribution < -0.4 is 4.90 Å². The Kier molecular flexibility index (Phi) is 6.27. The molecule has 0 spiro atoms. The molecule has 1 aromatic heterocycles. The molecule has 4 aromatic rings. The number of nitrogens with one attached hydrogen (secondary N) is 1. The highest BCUT2D eigenvalue weighted by molar-refractivity contribution is 5.90. The Morgan fingerprint density at radius 1 is 1.11 bits per heavy atom. The first-order valence-corrected chi connectivity index (χ1v) is 11.7. The zero-order valence-electron chi connectivity index (χ0n) is 19.2. The number of aromatic nitrogens is 2. The molecule has 1 aliphatic rings. The van der Waals surface area contributed by atoms with Crippen LogP contribution in [0.25, 0.3) is 22.7 Å². The van der Waals surface area contributed by atoms with Crippen LogP contribution in [0.4, 0.5) is 11.4 Å². The Balaban J connectivity index is 1.35. The largest absolute Gasteiger partial charge is 0.366 e. The molecule has 174 valence electrons. The van der Waals surface area contributed by atoms with Crippen molar-refractivity contribution in [1.29, 1.82) is 5.26 Å². The van der Waals surface area contributed by atoms with Gasteiger partial charge in [0.1, 0.15) is 17.6 Å². The molecule has 0 amide bonds. The average Bonchev–Trinajstić information content (AvgIpc) is 3.32. The van der Waals surface area contributed by atoms with E-state index in [1.54, 1.807) is 18.2 Å². The highest BCUT2D eigenvalue weighted by atomic mass is 16.6. The standard InChI is InChI=1S/C28H25N5O2/c29-19-23(28-30-24-8-4-5-9-25(24)31-28)17-22-10-11-26(27(18-22)33(34)35)32-14-12-21(13-15-32)16-20-6-2-1-3-7-20/h1-11,17-18,21H,12-16H2,(H,30,31). The number of para-hydroxylation sites is 2. The van der Waals surface area contributed by atoms with Crippen LogP contribution in [-0.4, -0.2) is 28.0 Å². The van der Waals surface area contributed by atoms with Gasteiger partial charge in [-0.2, -0.15) is 5.26 Å². The molecule has 1 fully saturated rings. The van der Waals surface area contributed by atoms with E-state index in [4.69, 9.17) is 0 Å². The van der Waals surface area contributed by atoms with Gasteiger partial charge in [0.2, 0.25) is 0 Å². The second-order valence-electron chi connectivity index (χ2n) is 8.90. The van der Waals surface area contributed by atoms with E-state index < -0.39 is 0 Å². The summed E-state index contributed by atoms with van der Waals surface area (Å²) in [5, 5.41) is 21.7. The van der Waals surface area contributed by atoms with Crippen molar-refractivity contribution >= 4 is 34.1 Å². The van der Waals surface area contributed by atoms with Gasteiger partial charge in [-0.15, -0.1) is 0 Å². The number of anilines is 1. The summed E-state index contributed by atoms with van der Waals surface area (Å²) < 4.78 is 0. The van der Waals surface area contributed by atoms with Gasteiger partial charge >= 0.3 is 0 Å². The predicted molar refractivity (Wildman–Crippen MR) is 138 cm³/mol. The SMILES string of the molecule is N#CC(=Cc1ccc(N2CCC(Cc3ccccc3)CC2)c([N+](=O)[O-])c1)c1nc2ccccc2[nH]1. The second-order valence-corrected chi connectivity index (χ2v) is 8.90. The van der Waals surface area contributed by atoms with Crippen molar-refractivity contribution < 1.29 is 4.92 Å². The lowest BCUT2D eigenvalue weighted by molar-refractivity contribution is -0.384. The number of hydrogen-bond acceptors (Lipinski definition) is 5. The van der Waals surface area contributed by atoms with Crippen molar-refractivity contribution in [1.82, 2.24) is 9.97 Å². The molecule has 0 atom stereocenters. The van der Waals surface area contributed by atoms with Crippen LogP contribution in [0.15, 0.2) is 72.8 Å². The molecule has 1 aliphatic heterocycles. The van der Waals surface area contributed by atoms with Crippen LogP contribution in [0.5, 0.6) is 0 Å². The van der Waals surface area contributed by atoms with Crippen molar-refractivity contribution in [3.8, 4) is 6.07 Å². The highest BCUT2D eigenvalue weighted by Crippen LogP contribution is 2.34. The van der Waals surface area contributed by atoms with Gasteiger partial charge in [0, 0.05) is 19.2 Å². The minimum atomic E-state index is -0.337. The molecule has 3 aromatic carbocycles. The van der Waals surface area contributed by atoms with Crippen molar-refractivity contribution in [3.05, 3.63) is 99.9 Å². The quantitative estimate of drug-likeness (QED) is 0.215. The zero-order valence-corrected chi connectivity index (χ0v) is 19.2. The zero-order chi connectivity index (χ0) is 24.2. The van der Waals surface area contributed by atoms with Crippen LogP contribution in [0, 0.1) is 27.4 Å². The monoisotopic (exact) mass is 463 g/mol. The van der Waals surface area contributed by atoms with Crippen molar-refractivity contribution in [2.75, 3.05) is 18.0 Å². The molecule has 0 unspecified atom stereocenters. The molecule has 7 nitrogen and oxygen atoms in total. The third kappa shape index (κ3) is 4.92. The van der Waals surface area contributed by atoms with Crippen LogP contribution in [0.3, 0.4) is 0 Å². The fourth-order valence-corrected chi connectivity index (χ4v) is 4.77. The maximum atomic E-state index is 11.9. The molecule has 7 heteroatoms. The van der Waals surface area contributed by atoms with Gasteiger partial charge in [-0.3, -0.25) is 10.1 Å². The summed E-state index contributed by atoms with van der Waals surface area (Å²) in [4.78, 5) is 21.3. The maximum Gasteiger partial charge on any atom is 0.293 e. The van der Waals surface area contributed by atoms with Gasteiger partial charge in [0.15, 0.2) is 0 Å². The van der Waals surface area contributed by atoms with Crippen LogP contribution in [0.2, 0.25) is 0 Å². The number of piperidine rings is 1.